The Labute approximate surface area is 94.9 Å². The van der Waals surface area contributed by atoms with Crippen LogP contribution in [-0.2, 0) is 4.79 Å². The first-order chi connectivity index (χ1) is 7.33. The summed E-state index contributed by atoms with van der Waals surface area (Å²) in [4.78, 5) is 10.7. The van der Waals surface area contributed by atoms with Crippen molar-refractivity contribution in [3.63, 3.8) is 0 Å². The molecule has 1 aromatic rings. The maximum atomic E-state index is 10.7. The number of nitrogens with one attached hydrogen (secondary N) is 1. The van der Waals surface area contributed by atoms with Crippen molar-refractivity contribution in [1.82, 2.24) is 0 Å². The van der Waals surface area contributed by atoms with Gasteiger partial charge in [0, 0.05) is 5.69 Å². The van der Waals surface area contributed by atoms with E-state index >= 15 is 0 Å². The lowest BCUT2D eigenvalue weighted by molar-refractivity contribution is -0.155. The van der Waals surface area contributed by atoms with Crippen LogP contribution in [0.15, 0.2) is 18.2 Å². The highest BCUT2D eigenvalue weighted by Crippen LogP contribution is 2.17. The van der Waals surface area contributed by atoms with Crippen LogP contribution in [-0.4, -0.2) is 28.3 Å². The third kappa shape index (κ3) is 2.97. The minimum atomic E-state index is -1.75. The minimum absolute atomic E-state index is 0.0216. The van der Waals surface area contributed by atoms with E-state index in [-0.39, 0.29) is 6.54 Å². The van der Waals surface area contributed by atoms with Crippen molar-refractivity contribution >= 4 is 11.7 Å². The average molecular weight is 223 g/mol. The van der Waals surface area contributed by atoms with Gasteiger partial charge in [0.25, 0.3) is 0 Å². The lowest BCUT2D eigenvalue weighted by Crippen LogP contribution is -2.41. The number of aryl methyl sites for hydroxylation is 2. The number of hydrogen-bond donors (Lipinski definition) is 3. The van der Waals surface area contributed by atoms with Gasteiger partial charge in [-0.3, -0.25) is 0 Å². The molecular formula is C12H17NO3. The molecule has 0 bridgehead atoms. The molecule has 4 heteroatoms. The quantitative estimate of drug-likeness (QED) is 0.724. The van der Waals surface area contributed by atoms with Crippen LogP contribution in [0.5, 0.6) is 0 Å². The second kappa shape index (κ2) is 4.53. The summed E-state index contributed by atoms with van der Waals surface area (Å²) in [7, 11) is 0. The van der Waals surface area contributed by atoms with Gasteiger partial charge in [0.2, 0.25) is 0 Å². The fourth-order valence-corrected chi connectivity index (χ4v) is 1.35. The highest BCUT2D eigenvalue weighted by molar-refractivity contribution is 5.77. The molecule has 0 aliphatic rings. The van der Waals surface area contributed by atoms with E-state index in [9.17, 15) is 9.90 Å². The van der Waals surface area contributed by atoms with Crippen molar-refractivity contribution < 1.29 is 15.0 Å². The van der Waals surface area contributed by atoms with Crippen molar-refractivity contribution in [3.05, 3.63) is 29.3 Å². The van der Waals surface area contributed by atoms with Crippen LogP contribution >= 0.6 is 0 Å². The fraction of sp³-hybridized carbons (Fsp3) is 0.417. The van der Waals surface area contributed by atoms with Crippen LogP contribution in [0.25, 0.3) is 0 Å². The zero-order valence-corrected chi connectivity index (χ0v) is 9.74. The van der Waals surface area contributed by atoms with Gasteiger partial charge in [0.1, 0.15) is 0 Å². The Kier molecular flexibility index (Phi) is 3.55. The van der Waals surface area contributed by atoms with Gasteiger partial charge in [-0.15, -0.1) is 0 Å². The number of aliphatic carboxylic acids is 1. The van der Waals surface area contributed by atoms with Crippen molar-refractivity contribution in [3.8, 4) is 0 Å². The zero-order valence-electron chi connectivity index (χ0n) is 9.74. The van der Waals surface area contributed by atoms with Crippen LogP contribution in [0.3, 0.4) is 0 Å². The lowest BCUT2D eigenvalue weighted by atomic mass is 10.1. The van der Waals surface area contributed by atoms with E-state index in [0.29, 0.717) is 0 Å². The molecular weight excluding hydrogens is 206 g/mol. The number of anilines is 1. The number of hydrogen-bond acceptors (Lipinski definition) is 3. The number of rotatable bonds is 4. The van der Waals surface area contributed by atoms with E-state index in [2.05, 4.69) is 5.32 Å². The first-order valence-corrected chi connectivity index (χ1v) is 5.10. The second-order valence-corrected chi connectivity index (χ2v) is 4.25. The Balaban J connectivity index is 2.72. The van der Waals surface area contributed by atoms with E-state index in [1.54, 1.807) is 0 Å². The summed E-state index contributed by atoms with van der Waals surface area (Å²) in [5, 5.41) is 21.2. The molecule has 4 nitrogen and oxygen atoms in total. The molecule has 0 heterocycles. The summed E-state index contributed by atoms with van der Waals surface area (Å²) in [6.07, 6.45) is 0. The topological polar surface area (TPSA) is 69.6 Å². The normalized spacial score (nSPS) is 14.2. The number of aliphatic hydroxyl groups is 1. The number of benzene rings is 1. The average Bonchev–Trinajstić information content (AvgIpc) is 2.16. The Morgan fingerprint density at radius 3 is 2.56 bits per heavy atom. The number of carboxylic acids is 1. The van der Waals surface area contributed by atoms with Crippen molar-refractivity contribution in [2.45, 2.75) is 26.4 Å². The molecule has 0 spiro atoms. The molecule has 3 N–H and O–H groups in total. The van der Waals surface area contributed by atoms with Crippen molar-refractivity contribution in [1.29, 1.82) is 0 Å². The predicted molar refractivity (Wildman–Crippen MR) is 62.7 cm³/mol. The summed E-state index contributed by atoms with van der Waals surface area (Å²) in [6.45, 7) is 5.17. The molecule has 0 aliphatic carbocycles. The van der Waals surface area contributed by atoms with Crippen molar-refractivity contribution in [2.24, 2.45) is 0 Å². The van der Waals surface area contributed by atoms with Crippen LogP contribution in [0.4, 0.5) is 5.69 Å². The molecule has 1 atom stereocenters. The van der Waals surface area contributed by atoms with E-state index in [1.807, 2.05) is 32.0 Å². The zero-order chi connectivity index (χ0) is 12.3. The summed E-state index contributed by atoms with van der Waals surface area (Å²) in [6, 6.07) is 5.81. The van der Waals surface area contributed by atoms with Gasteiger partial charge in [-0.05, 0) is 32.4 Å². The van der Waals surface area contributed by atoms with Crippen LogP contribution in [0.2, 0.25) is 0 Å². The Morgan fingerprint density at radius 1 is 1.44 bits per heavy atom. The number of carboxylic acid groups (broad SMARTS) is 1. The van der Waals surface area contributed by atoms with E-state index in [1.165, 1.54) is 6.92 Å². The fourth-order valence-electron chi connectivity index (χ4n) is 1.35. The van der Waals surface area contributed by atoms with E-state index < -0.39 is 11.6 Å². The largest absolute Gasteiger partial charge is 0.479 e. The number of carbonyl (C=O) groups is 1. The molecule has 1 rings (SSSR count). The summed E-state index contributed by atoms with van der Waals surface area (Å²) in [5.74, 6) is -1.23. The van der Waals surface area contributed by atoms with Gasteiger partial charge in [-0.2, -0.15) is 0 Å². The smallest absolute Gasteiger partial charge is 0.337 e. The minimum Gasteiger partial charge on any atom is -0.479 e. The monoisotopic (exact) mass is 223 g/mol. The molecule has 0 aliphatic heterocycles. The van der Waals surface area contributed by atoms with Crippen LogP contribution < -0.4 is 5.32 Å². The molecule has 1 unspecified atom stereocenters. The van der Waals surface area contributed by atoms with Gasteiger partial charge in [0.05, 0.1) is 6.54 Å². The van der Waals surface area contributed by atoms with Gasteiger partial charge in [-0.1, -0.05) is 17.7 Å². The molecule has 0 fully saturated rings. The molecule has 0 aromatic heterocycles. The molecule has 0 radical (unpaired) electrons. The highest BCUT2D eigenvalue weighted by atomic mass is 16.4. The Bertz CT molecular complexity index is 399. The molecule has 0 saturated heterocycles. The second-order valence-electron chi connectivity index (χ2n) is 4.25. The Hall–Kier alpha value is -1.55. The molecule has 0 saturated carbocycles. The molecule has 1 aromatic carbocycles. The van der Waals surface area contributed by atoms with Gasteiger partial charge in [-0.25, -0.2) is 4.79 Å². The summed E-state index contributed by atoms with van der Waals surface area (Å²) >= 11 is 0. The maximum absolute atomic E-state index is 10.7. The van der Waals surface area contributed by atoms with Crippen LogP contribution in [0.1, 0.15) is 18.1 Å². The van der Waals surface area contributed by atoms with Gasteiger partial charge in [0.15, 0.2) is 5.60 Å². The Morgan fingerprint density at radius 2 is 2.06 bits per heavy atom. The third-order valence-electron chi connectivity index (χ3n) is 2.47. The SMILES string of the molecule is Cc1ccc(NCC(C)(O)C(=O)O)c(C)c1. The molecule has 16 heavy (non-hydrogen) atoms. The predicted octanol–water partition coefficient (Wildman–Crippen LogP) is 1.55. The highest BCUT2D eigenvalue weighted by Gasteiger charge is 2.29. The summed E-state index contributed by atoms with van der Waals surface area (Å²) < 4.78 is 0. The van der Waals surface area contributed by atoms with Crippen LogP contribution in [0, 0.1) is 13.8 Å². The van der Waals surface area contributed by atoms with Gasteiger partial charge < -0.3 is 15.5 Å². The van der Waals surface area contributed by atoms with E-state index in [4.69, 9.17) is 5.11 Å². The lowest BCUT2D eigenvalue weighted by Gasteiger charge is -2.20. The molecule has 0 amide bonds. The van der Waals surface area contributed by atoms with Gasteiger partial charge >= 0.3 is 5.97 Å². The standard InChI is InChI=1S/C12H17NO3/c1-8-4-5-10(9(2)6-8)13-7-12(3,16)11(14)15/h4-6,13,16H,7H2,1-3H3,(H,14,15). The van der Waals surface area contributed by atoms with E-state index in [0.717, 1.165) is 16.8 Å². The molecule has 88 valence electrons. The first kappa shape index (κ1) is 12.5. The van der Waals surface area contributed by atoms with Crippen molar-refractivity contribution in [2.75, 3.05) is 11.9 Å². The third-order valence-corrected chi connectivity index (χ3v) is 2.47. The maximum Gasteiger partial charge on any atom is 0.337 e. The first-order valence-electron chi connectivity index (χ1n) is 5.10. The summed E-state index contributed by atoms with van der Waals surface area (Å²) in [5.41, 5.74) is 1.26.